The van der Waals surface area contributed by atoms with Gasteiger partial charge in [-0.3, -0.25) is 9.59 Å². The van der Waals surface area contributed by atoms with Crippen LogP contribution in [-0.2, 0) is 16.0 Å². The van der Waals surface area contributed by atoms with E-state index >= 15 is 0 Å². The number of carboxylic acids is 1. The molecule has 1 saturated heterocycles. The van der Waals surface area contributed by atoms with Gasteiger partial charge in [0.05, 0.1) is 0 Å². The number of aryl methyl sites for hydroxylation is 1. The Balaban J connectivity index is 1.63. The fraction of sp³-hybridized carbons (Fsp3) is 0.579. The van der Waals surface area contributed by atoms with Gasteiger partial charge in [0.25, 0.3) is 0 Å². The van der Waals surface area contributed by atoms with Gasteiger partial charge < -0.3 is 10.0 Å². The third-order valence-corrected chi connectivity index (χ3v) is 5.32. The molecule has 4 heteroatoms. The number of benzene rings is 1. The van der Waals surface area contributed by atoms with Gasteiger partial charge in [-0.25, -0.2) is 0 Å². The lowest BCUT2D eigenvalue weighted by atomic mass is 9.94. The summed E-state index contributed by atoms with van der Waals surface area (Å²) in [7, 11) is 0. The van der Waals surface area contributed by atoms with Crippen molar-refractivity contribution in [3.8, 4) is 0 Å². The van der Waals surface area contributed by atoms with Gasteiger partial charge in [0.1, 0.15) is 0 Å². The first-order chi connectivity index (χ1) is 11.1. The minimum absolute atomic E-state index is 0.115. The Morgan fingerprint density at radius 3 is 2.83 bits per heavy atom. The number of aliphatic carboxylic acids is 1. The molecule has 0 aromatic heterocycles. The van der Waals surface area contributed by atoms with Crippen LogP contribution in [0.15, 0.2) is 24.3 Å². The highest BCUT2D eigenvalue weighted by molar-refractivity contribution is 5.78. The molecule has 2 atom stereocenters. The van der Waals surface area contributed by atoms with E-state index in [2.05, 4.69) is 24.3 Å². The first kappa shape index (κ1) is 16.0. The Labute approximate surface area is 137 Å². The van der Waals surface area contributed by atoms with Gasteiger partial charge in [0, 0.05) is 25.4 Å². The summed E-state index contributed by atoms with van der Waals surface area (Å²) >= 11 is 0. The summed E-state index contributed by atoms with van der Waals surface area (Å²) in [5.74, 6) is -0.227. The number of hydrogen-bond donors (Lipinski definition) is 1. The number of carboxylic acid groups (broad SMARTS) is 1. The molecule has 1 aliphatic heterocycles. The van der Waals surface area contributed by atoms with E-state index in [-0.39, 0.29) is 18.4 Å². The molecular formula is C19H25NO3. The van der Waals surface area contributed by atoms with Crippen LogP contribution in [0.4, 0.5) is 0 Å². The summed E-state index contributed by atoms with van der Waals surface area (Å²) in [6.07, 6.45) is 6.51. The van der Waals surface area contributed by atoms with Crippen LogP contribution in [0.5, 0.6) is 0 Å². The molecule has 1 amide bonds. The Bertz CT molecular complexity index is 584. The van der Waals surface area contributed by atoms with Crippen molar-refractivity contribution in [3.05, 3.63) is 35.4 Å². The topological polar surface area (TPSA) is 57.6 Å². The van der Waals surface area contributed by atoms with Crippen LogP contribution in [0.2, 0.25) is 0 Å². The van der Waals surface area contributed by atoms with E-state index in [4.69, 9.17) is 5.11 Å². The molecule has 1 N–H and O–H groups in total. The van der Waals surface area contributed by atoms with Crippen molar-refractivity contribution in [1.82, 2.24) is 4.90 Å². The molecule has 0 bridgehead atoms. The van der Waals surface area contributed by atoms with Crippen molar-refractivity contribution >= 4 is 11.9 Å². The van der Waals surface area contributed by atoms with Crippen molar-refractivity contribution in [2.24, 2.45) is 0 Å². The minimum Gasteiger partial charge on any atom is -0.481 e. The van der Waals surface area contributed by atoms with Crippen LogP contribution < -0.4 is 0 Å². The summed E-state index contributed by atoms with van der Waals surface area (Å²) in [6, 6.07) is 8.55. The fourth-order valence-electron chi connectivity index (χ4n) is 4.10. The summed E-state index contributed by atoms with van der Waals surface area (Å²) in [5.41, 5.74) is 2.71. The third kappa shape index (κ3) is 3.74. The van der Waals surface area contributed by atoms with Crippen LogP contribution in [0.25, 0.3) is 0 Å². The number of amides is 1. The van der Waals surface area contributed by atoms with Crippen LogP contribution in [0.1, 0.15) is 62.0 Å². The Morgan fingerprint density at radius 2 is 2.00 bits per heavy atom. The van der Waals surface area contributed by atoms with Gasteiger partial charge in [0.15, 0.2) is 0 Å². The molecular weight excluding hydrogens is 290 g/mol. The number of likely N-dealkylation sites (tertiary alicyclic amines) is 1. The SMILES string of the molecule is O=C(O)CCC1CCCCN1C(=O)CC1CCc2ccccc21. The van der Waals surface area contributed by atoms with E-state index in [9.17, 15) is 9.59 Å². The van der Waals surface area contributed by atoms with Crippen molar-refractivity contribution < 1.29 is 14.7 Å². The summed E-state index contributed by atoms with van der Waals surface area (Å²) in [4.78, 5) is 25.6. The molecule has 2 unspecified atom stereocenters. The minimum atomic E-state index is -0.771. The van der Waals surface area contributed by atoms with Crippen molar-refractivity contribution in [2.75, 3.05) is 6.54 Å². The molecule has 3 rings (SSSR count). The molecule has 4 nitrogen and oxygen atoms in total. The first-order valence-corrected chi connectivity index (χ1v) is 8.74. The van der Waals surface area contributed by atoms with Crippen LogP contribution in [0.3, 0.4) is 0 Å². The number of rotatable bonds is 5. The molecule has 0 spiro atoms. The van der Waals surface area contributed by atoms with Crippen molar-refractivity contribution in [3.63, 3.8) is 0 Å². The van der Waals surface area contributed by atoms with Gasteiger partial charge >= 0.3 is 5.97 Å². The average Bonchev–Trinajstić information content (AvgIpc) is 2.96. The highest BCUT2D eigenvalue weighted by Crippen LogP contribution is 2.36. The Morgan fingerprint density at radius 1 is 1.17 bits per heavy atom. The van der Waals surface area contributed by atoms with Crippen LogP contribution >= 0.6 is 0 Å². The summed E-state index contributed by atoms with van der Waals surface area (Å²) < 4.78 is 0. The predicted octanol–water partition coefficient (Wildman–Crippen LogP) is 3.35. The second kappa shape index (κ2) is 7.16. The first-order valence-electron chi connectivity index (χ1n) is 8.74. The van der Waals surface area contributed by atoms with Gasteiger partial charge in [-0.1, -0.05) is 24.3 Å². The Hall–Kier alpha value is -1.84. The van der Waals surface area contributed by atoms with E-state index in [1.54, 1.807) is 0 Å². The van der Waals surface area contributed by atoms with Crippen molar-refractivity contribution in [1.29, 1.82) is 0 Å². The summed E-state index contributed by atoms with van der Waals surface area (Å²) in [5, 5.41) is 8.90. The maximum atomic E-state index is 12.8. The standard InChI is InChI=1S/C19H25NO3/c21-18(13-15-9-8-14-5-1-2-7-17(14)15)20-12-4-3-6-16(20)10-11-19(22)23/h1-2,5,7,15-16H,3-4,6,8-13H2,(H,22,23). The largest absolute Gasteiger partial charge is 0.481 e. The van der Waals surface area contributed by atoms with E-state index in [1.165, 1.54) is 11.1 Å². The monoisotopic (exact) mass is 315 g/mol. The number of carbonyl (C=O) groups excluding carboxylic acids is 1. The molecule has 0 saturated carbocycles. The zero-order valence-electron chi connectivity index (χ0n) is 13.5. The second-order valence-corrected chi connectivity index (χ2v) is 6.81. The number of carbonyl (C=O) groups is 2. The Kier molecular flexibility index (Phi) is 4.99. The average molecular weight is 315 g/mol. The zero-order chi connectivity index (χ0) is 16.2. The molecule has 1 aromatic carbocycles. The van der Waals surface area contributed by atoms with Crippen LogP contribution in [0, 0.1) is 0 Å². The van der Waals surface area contributed by atoms with Crippen LogP contribution in [-0.4, -0.2) is 34.5 Å². The second-order valence-electron chi connectivity index (χ2n) is 6.81. The van der Waals surface area contributed by atoms with Gasteiger partial charge in [0.2, 0.25) is 5.91 Å². The quantitative estimate of drug-likeness (QED) is 0.906. The smallest absolute Gasteiger partial charge is 0.303 e. The predicted molar refractivity (Wildman–Crippen MR) is 88.3 cm³/mol. The number of hydrogen-bond acceptors (Lipinski definition) is 2. The van der Waals surface area contributed by atoms with Gasteiger partial charge in [-0.2, -0.15) is 0 Å². The van der Waals surface area contributed by atoms with Gasteiger partial charge in [-0.05, 0) is 55.6 Å². The highest BCUT2D eigenvalue weighted by atomic mass is 16.4. The fourth-order valence-corrected chi connectivity index (χ4v) is 4.10. The van der Waals surface area contributed by atoms with E-state index < -0.39 is 5.97 Å². The molecule has 1 aliphatic carbocycles. The number of nitrogens with zero attached hydrogens (tertiary/aromatic N) is 1. The lowest BCUT2D eigenvalue weighted by Crippen LogP contribution is -2.44. The maximum Gasteiger partial charge on any atom is 0.303 e. The molecule has 1 heterocycles. The molecule has 0 radical (unpaired) electrons. The third-order valence-electron chi connectivity index (χ3n) is 5.32. The molecule has 1 aromatic rings. The highest BCUT2D eigenvalue weighted by Gasteiger charge is 2.30. The van der Waals surface area contributed by atoms with Crippen molar-refractivity contribution in [2.45, 2.75) is 63.3 Å². The molecule has 124 valence electrons. The lowest BCUT2D eigenvalue weighted by Gasteiger charge is -2.36. The number of piperidine rings is 1. The number of fused-ring (bicyclic) bond motifs is 1. The molecule has 2 aliphatic rings. The lowest BCUT2D eigenvalue weighted by molar-refractivity contribution is -0.140. The van der Waals surface area contributed by atoms with E-state index in [1.807, 2.05) is 4.90 Å². The van der Waals surface area contributed by atoms with E-state index in [0.29, 0.717) is 18.8 Å². The maximum absolute atomic E-state index is 12.8. The normalized spacial score (nSPS) is 23.6. The van der Waals surface area contributed by atoms with Gasteiger partial charge in [-0.15, -0.1) is 0 Å². The van der Waals surface area contributed by atoms with E-state index in [0.717, 1.165) is 38.6 Å². The molecule has 23 heavy (non-hydrogen) atoms. The summed E-state index contributed by atoms with van der Waals surface area (Å²) in [6.45, 7) is 0.789. The molecule has 1 fully saturated rings. The zero-order valence-corrected chi connectivity index (χ0v) is 13.5.